The van der Waals surface area contributed by atoms with Crippen LogP contribution >= 0.6 is 0 Å². The van der Waals surface area contributed by atoms with Gasteiger partial charge in [0.1, 0.15) is 0 Å². The number of hydrogen-bond acceptors (Lipinski definition) is 3. The summed E-state index contributed by atoms with van der Waals surface area (Å²) in [5.41, 5.74) is 12.2. The molecule has 0 radical (unpaired) electrons. The molecule has 3 nitrogen and oxygen atoms in total. The average molecular weight is 251 g/mol. The lowest BCUT2D eigenvalue weighted by Crippen LogP contribution is -2.46. The Hall–Kier alpha value is -0.120. The second-order valence-corrected chi connectivity index (χ2v) is 6.80. The van der Waals surface area contributed by atoms with Crippen LogP contribution in [-0.2, 0) is 0 Å². The van der Waals surface area contributed by atoms with Gasteiger partial charge in [0.15, 0.2) is 0 Å². The Morgan fingerprint density at radius 3 is 2.28 bits per heavy atom. The molecule has 1 heterocycles. The Morgan fingerprint density at radius 1 is 1.00 bits per heavy atom. The van der Waals surface area contributed by atoms with Crippen molar-refractivity contribution in [2.75, 3.05) is 19.6 Å². The van der Waals surface area contributed by atoms with E-state index in [4.69, 9.17) is 11.5 Å². The van der Waals surface area contributed by atoms with Crippen LogP contribution in [0, 0.1) is 17.8 Å². The summed E-state index contributed by atoms with van der Waals surface area (Å²) >= 11 is 0. The molecule has 3 aliphatic rings. The van der Waals surface area contributed by atoms with Crippen molar-refractivity contribution in [1.82, 2.24) is 4.90 Å². The molecule has 0 aromatic carbocycles. The van der Waals surface area contributed by atoms with E-state index in [1.165, 1.54) is 58.0 Å². The zero-order chi connectivity index (χ0) is 12.5. The first kappa shape index (κ1) is 12.9. The molecule has 18 heavy (non-hydrogen) atoms. The minimum atomic E-state index is 0.359. The minimum absolute atomic E-state index is 0.359. The smallest absolute Gasteiger partial charge is 0.0153 e. The molecule has 0 bridgehead atoms. The predicted molar refractivity (Wildman–Crippen MR) is 75.2 cm³/mol. The first-order valence-corrected chi connectivity index (χ1v) is 7.99. The predicted octanol–water partition coefficient (Wildman–Crippen LogP) is 1.56. The van der Waals surface area contributed by atoms with E-state index in [1.807, 2.05) is 0 Å². The van der Waals surface area contributed by atoms with Gasteiger partial charge in [-0.2, -0.15) is 0 Å². The molecule has 0 amide bonds. The maximum Gasteiger partial charge on any atom is 0.0153 e. The van der Waals surface area contributed by atoms with E-state index in [0.717, 1.165) is 24.4 Å². The molecule has 2 aliphatic carbocycles. The van der Waals surface area contributed by atoms with Crippen molar-refractivity contribution < 1.29 is 0 Å². The highest BCUT2D eigenvalue weighted by molar-refractivity contribution is 4.97. The van der Waals surface area contributed by atoms with Gasteiger partial charge in [-0.05, 0) is 56.4 Å². The highest BCUT2D eigenvalue weighted by Gasteiger charge is 2.42. The van der Waals surface area contributed by atoms with Crippen LogP contribution in [0.2, 0.25) is 0 Å². The summed E-state index contributed by atoms with van der Waals surface area (Å²) in [5.74, 6) is 2.41. The summed E-state index contributed by atoms with van der Waals surface area (Å²) in [5, 5.41) is 0. The van der Waals surface area contributed by atoms with Crippen molar-refractivity contribution in [2.45, 2.75) is 57.0 Å². The maximum atomic E-state index is 6.34. The van der Waals surface area contributed by atoms with E-state index in [0.29, 0.717) is 12.0 Å². The van der Waals surface area contributed by atoms with E-state index < -0.39 is 0 Å². The van der Waals surface area contributed by atoms with E-state index in [9.17, 15) is 0 Å². The molecule has 3 rings (SSSR count). The topological polar surface area (TPSA) is 55.0 Å². The Kier molecular flexibility index (Phi) is 3.92. The van der Waals surface area contributed by atoms with E-state index >= 15 is 0 Å². The standard InChI is InChI=1S/C15H29N3/c16-10-13-6-5-12(9-14(13)17)15(18-7-8-18)11-3-1-2-4-11/h11-15H,1-10,16-17H2. The molecule has 4 atom stereocenters. The van der Waals surface area contributed by atoms with Gasteiger partial charge in [0.25, 0.3) is 0 Å². The summed E-state index contributed by atoms with van der Waals surface area (Å²) in [6.07, 6.45) is 9.70. The SMILES string of the molecule is NCC1CCC(C(C2CCCC2)N2CC2)CC1N. The Balaban J connectivity index is 1.64. The van der Waals surface area contributed by atoms with Gasteiger partial charge in [-0.3, -0.25) is 4.90 Å². The van der Waals surface area contributed by atoms with Gasteiger partial charge in [0.05, 0.1) is 0 Å². The van der Waals surface area contributed by atoms with Crippen LogP contribution in [0.5, 0.6) is 0 Å². The van der Waals surface area contributed by atoms with E-state index in [1.54, 1.807) is 0 Å². The van der Waals surface area contributed by atoms with Gasteiger partial charge in [0.2, 0.25) is 0 Å². The van der Waals surface area contributed by atoms with Crippen molar-refractivity contribution >= 4 is 0 Å². The molecule has 0 aromatic heterocycles. The monoisotopic (exact) mass is 251 g/mol. The lowest BCUT2D eigenvalue weighted by molar-refractivity contribution is 0.126. The summed E-state index contributed by atoms with van der Waals surface area (Å²) in [4.78, 5) is 2.72. The molecule has 0 aromatic rings. The average Bonchev–Trinajstić information content (AvgIpc) is 3.05. The van der Waals surface area contributed by atoms with Crippen LogP contribution in [0.1, 0.15) is 44.9 Å². The third-order valence-corrected chi connectivity index (χ3v) is 5.66. The Morgan fingerprint density at radius 2 is 1.72 bits per heavy atom. The highest BCUT2D eigenvalue weighted by Crippen LogP contribution is 2.41. The molecule has 1 aliphatic heterocycles. The van der Waals surface area contributed by atoms with Crippen molar-refractivity contribution in [3.8, 4) is 0 Å². The molecular formula is C15H29N3. The fourth-order valence-corrected chi connectivity index (χ4v) is 4.54. The first-order chi connectivity index (χ1) is 8.79. The zero-order valence-corrected chi connectivity index (χ0v) is 11.6. The van der Waals surface area contributed by atoms with Crippen LogP contribution in [0.4, 0.5) is 0 Å². The molecule has 0 spiro atoms. The van der Waals surface area contributed by atoms with Crippen LogP contribution in [-0.4, -0.2) is 36.6 Å². The summed E-state index contributed by atoms with van der Waals surface area (Å²) in [6.45, 7) is 3.46. The van der Waals surface area contributed by atoms with Crippen molar-refractivity contribution in [3.63, 3.8) is 0 Å². The van der Waals surface area contributed by atoms with E-state index in [-0.39, 0.29) is 0 Å². The molecule has 3 heteroatoms. The molecule has 4 unspecified atom stereocenters. The van der Waals surface area contributed by atoms with Crippen LogP contribution in [0.25, 0.3) is 0 Å². The zero-order valence-electron chi connectivity index (χ0n) is 11.6. The molecular weight excluding hydrogens is 222 g/mol. The molecule has 3 fully saturated rings. The number of nitrogens with two attached hydrogens (primary N) is 2. The fourth-order valence-electron chi connectivity index (χ4n) is 4.54. The molecule has 1 saturated heterocycles. The molecule has 2 saturated carbocycles. The highest BCUT2D eigenvalue weighted by atomic mass is 15.3. The largest absolute Gasteiger partial charge is 0.330 e. The van der Waals surface area contributed by atoms with E-state index in [2.05, 4.69) is 4.90 Å². The normalized spacial score (nSPS) is 40.0. The van der Waals surface area contributed by atoms with Gasteiger partial charge in [-0.25, -0.2) is 0 Å². The van der Waals surface area contributed by atoms with Crippen LogP contribution in [0.15, 0.2) is 0 Å². The van der Waals surface area contributed by atoms with Gasteiger partial charge >= 0.3 is 0 Å². The molecule has 104 valence electrons. The first-order valence-electron chi connectivity index (χ1n) is 7.99. The van der Waals surface area contributed by atoms with Crippen molar-refractivity contribution in [2.24, 2.45) is 29.2 Å². The second kappa shape index (κ2) is 5.48. The third-order valence-electron chi connectivity index (χ3n) is 5.66. The summed E-state index contributed by atoms with van der Waals surface area (Å²) in [6, 6.07) is 1.22. The Labute approximate surface area is 111 Å². The van der Waals surface area contributed by atoms with Gasteiger partial charge in [-0.15, -0.1) is 0 Å². The second-order valence-electron chi connectivity index (χ2n) is 6.80. The fraction of sp³-hybridized carbons (Fsp3) is 1.00. The number of hydrogen-bond donors (Lipinski definition) is 2. The summed E-state index contributed by atoms with van der Waals surface area (Å²) in [7, 11) is 0. The van der Waals surface area contributed by atoms with Gasteiger partial charge < -0.3 is 11.5 Å². The maximum absolute atomic E-state index is 6.34. The van der Waals surface area contributed by atoms with Crippen molar-refractivity contribution in [1.29, 1.82) is 0 Å². The third kappa shape index (κ3) is 2.59. The lowest BCUT2D eigenvalue weighted by Gasteiger charge is -2.40. The summed E-state index contributed by atoms with van der Waals surface area (Å²) < 4.78 is 0. The quantitative estimate of drug-likeness (QED) is 0.746. The van der Waals surface area contributed by atoms with Crippen LogP contribution in [0.3, 0.4) is 0 Å². The Bertz CT molecular complexity index is 271. The number of rotatable bonds is 4. The van der Waals surface area contributed by atoms with Crippen molar-refractivity contribution in [3.05, 3.63) is 0 Å². The molecule has 4 N–H and O–H groups in total. The lowest BCUT2D eigenvalue weighted by atomic mass is 9.72. The number of nitrogens with zero attached hydrogens (tertiary/aromatic N) is 1. The van der Waals surface area contributed by atoms with Gasteiger partial charge in [-0.1, -0.05) is 12.8 Å². The van der Waals surface area contributed by atoms with Crippen LogP contribution < -0.4 is 11.5 Å². The van der Waals surface area contributed by atoms with Gasteiger partial charge in [0, 0.05) is 25.2 Å². The minimum Gasteiger partial charge on any atom is -0.330 e.